The van der Waals surface area contributed by atoms with E-state index in [-0.39, 0.29) is 0 Å². The SMILES string of the molecule is CCNC(=NCc1ccc(COC)cc1)NCc1ccc(C)cc1OC. The lowest BCUT2D eigenvalue weighted by atomic mass is 10.1. The molecule has 0 fully saturated rings. The van der Waals surface area contributed by atoms with Crippen molar-refractivity contribution in [1.82, 2.24) is 10.6 Å². The molecule has 0 bridgehead atoms. The third-order valence-electron chi connectivity index (χ3n) is 3.99. The van der Waals surface area contributed by atoms with Gasteiger partial charge in [0.15, 0.2) is 5.96 Å². The van der Waals surface area contributed by atoms with Crippen molar-refractivity contribution in [1.29, 1.82) is 0 Å². The Kier molecular flexibility index (Phi) is 7.96. The molecule has 0 unspecified atom stereocenters. The Balaban J connectivity index is 2.00. The minimum atomic E-state index is 0.619. The quantitative estimate of drug-likeness (QED) is 0.563. The normalized spacial score (nSPS) is 11.3. The van der Waals surface area contributed by atoms with Crippen LogP contribution in [0.2, 0.25) is 0 Å². The number of rotatable bonds is 8. The van der Waals surface area contributed by atoms with Crippen molar-refractivity contribution in [3.63, 3.8) is 0 Å². The molecular formula is C21H29N3O2. The van der Waals surface area contributed by atoms with Crippen molar-refractivity contribution in [2.45, 2.75) is 33.5 Å². The number of benzene rings is 2. The van der Waals surface area contributed by atoms with Crippen LogP contribution in [0.4, 0.5) is 0 Å². The van der Waals surface area contributed by atoms with E-state index in [2.05, 4.69) is 65.9 Å². The second-order valence-electron chi connectivity index (χ2n) is 6.11. The summed E-state index contributed by atoms with van der Waals surface area (Å²) in [4.78, 5) is 4.67. The molecule has 0 saturated carbocycles. The number of aliphatic imine (C=N–C) groups is 1. The molecule has 26 heavy (non-hydrogen) atoms. The molecule has 2 rings (SSSR count). The molecule has 0 saturated heterocycles. The van der Waals surface area contributed by atoms with Gasteiger partial charge in [-0.1, -0.05) is 36.4 Å². The molecule has 0 atom stereocenters. The highest BCUT2D eigenvalue weighted by molar-refractivity contribution is 5.79. The van der Waals surface area contributed by atoms with E-state index in [1.807, 2.05) is 6.07 Å². The van der Waals surface area contributed by atoms with Gasteiger partial charge in [-0.15, -0.1) is 0 Å². The Morgan fingerprint density at radius 1 is 1.00 bits per heavy atom. The highest BCUT2D eigenvalue weighted by Gasteiger charge is 2.05. The monoisotopic (exact) mass is 355 g/mol. The molecule has 2 aromatic rings. The van der Waals surface area contributed by atoms with Crippen LogP contribution in [0.3, 0.4) is 0 Å². The van der Waals surface area contributed by atoms with Gasteiger partial charge in [0.25, 0.3) is 0 Å². The highest BCUT2D eigenvalue weighted by Crippen LogP contribution is 2.19. The van der Waals surface area contributed by atoms with Crippen LogP contribution < -0.4 is 15.4 Å². The van der Waals surface area contributed by atoms with Crippen LogP contribution in [0.25, 0.3) is 0 Å². The lowest BCUT2D eigenvalue weighted by Gasteiger charge is -2.14. The molecule has 5 heteroatoms. The van der Waals surface area contributed by atoms with E-state index in [1.165, 1.54) is 5.56 Å². The molecule has 0 aliphatic heterocycles. The molecule has 0 spiro atoms. The summed E-state index contributed by atoms with van der Waals surface area (Å²) in [6.45, 7) is 6.83. The molecule has 0 aromatic heterocycles. The molecule has 5 nitrogen and oxygen atoms in total. The third-order valence-corrected chi connectivity index (χ3v) is 3.99. The van der Waals surface area contributed by atoms with Crippen molar-refractivity contribution in [2.75, 3.05) is 20.8 Å². The van der Waals surface area contributed by atoms with Gasteiger partial charge in [-0.3, -0.25) is 0 Å². The van der Waals surface area contributed by atoms with E-state index in [4.69, 9.17) is 9.47 Å². The topological polar surface area (TPSA) is 54.9 Å². The van der Waals surface area contributed by atoms with Crippen molar-refractivity contribution >= 4 is 5.96 Å². The molecular weight excluding hydrogens is 326 g/mol. The van der Waals surface area contributed by atoms with Gasteiger partial charge in [-0.2, -0.15) is 0 Å². The maximum Gasteiger partial charge on any atom is 0.191 e. The van der Waals surface area contributed by atoms with Crippen LogP contribution in [0, 0.1) is 6.92 Å². The zero-order valence-corrected chi connectivity index (χ0v) is 16.1. The summed E-state index contributed by atoms with van der Waals surface area (Å²) < 4.78 is 10.6. The van der Waals surface area contributed by atoms with Gasteiger partial charge in [0.2, 0.25) is 0 Å². The molecule has 0 aliphatic carbocycles. The molecule has 0 amide bonds. The fourth-order valence-electron chi connectivity index (χ4n) is 2.60. The third kappa shape index (κ3) is 6.08. The van der Waals surface area contributed by atoms with Crippen LogP contribution in [0.15, 0.2) is 47.5 Å². The van der Waals surface area contributed by atoms with Crippen molar-refractivity contribution in [2.24, 2.45) is 4.99 Å². The number of nitrogens with zero attached hydrogens (tertiary/aromatic N) is 1. The Hall–Kier alpha value is -2.53. The summed E-state index contributed by atoms with van der Waals surface area (Å²) >= 11 is 0. The fourth-order valence-corrected chi connectivity index (χ4v) is 2.60. The molecule has 2 aromatic carbocycles. The van der Waals surface area contributed by atoms with Gasteiger partial charge >= 0.3 is 0 Å². The second-order valence-corrected chi connectivity index (χ2v) is 6.11. The number of ether oxygens (including phenoxy) is 2. The number of aryl methyl sites for hydroxylation is 1. The number of hydrogen-bond acceptors (Lipinski definition) is 3. The lowest BCUT2D eigenvalue weighted by Crippen LogP contribution is -2.36. The molecule has 0 radical (unpaired) electrons. The zero-order chi connectivity index (χ0) is 18.8. The van der Waals surface area contributed by atoms with E-state index in [0.29, 0.717) is 19.7 Å². The van der Waals surface area contributed by atoms with Gasteiger partial charge < -0.3 is 20.1 Å². The van der Waals surface area contributed by atoms with Gasteiger partial charge in [0.05, 0.1) is 20.3 Å². The Morgan fingerprint density at radius 2 is 1.73 bits per heavy atom. The van der Waals surface area contributed by atoms with Gasteiger partial charge in [-0.25, -0.2) is 4.99 Å². The Labute approximate surface area is 156 Å². The first kappa shape index (κ1) is 19.8. The van der Waals surface area contributed by atoms with Crippen molar-refractivity contribution < 1.29 is 9.47 Å². The predicted octanol–water partition coefficient (Wildman–Crippen LogP) is 3.41. The number of guanidine groups is 1. The largest absolute Gasteiger partial charge is 0.496 e. The summed E-state index contributed by atoms with van der Waals surface area (Å²) in [5.74, 6) is 1.68. The Morgan fingerprint density at radius 3 is 2.38 bits per heavy atom. The van der Waals surface area contributed by atoms with Crippen LogP contribution in [0.1, 0.15) is 29.2 Å². The van der Waals surface area contributed by atoms with Crippen molar-refractivity contribution in [3.05, 3.63) is 64.7 Å². The van der Waals surface area contributed by atoms with E-state index < -0.39 is 0 Å². The van der Waals surface area contributed by atoms with Gasteiger partial charge in [0, 0.05) is 25.8 Å². The zero-order valence-electron chi connectivity index (χ0n) is 16.1. The van der Waals surface area contributed by atoms with E-state index in [0.717, 1.165) is 34.9 Å². The molecule has 140 valence electrons. The number of nitrogens with one attached hydrogen (secondary N) is 2. The first-order chi connectivity index (χ1) is 12.7. The number of methoxy groups -OCH3 is 2. The highest BCUT2D eigenvalue weighted by atomic mass is 16.5. The van der Waals surface area contributed by atoms with Gasteiger partial charge in [-0.05, 0) is 36.6 Å². The Bertz CT molecular complexity index is 712. The minimum absolute atomic E-state index is 0.619. The number of hydrogen-bond donors (Lipinski definition) is 2. The summed E-state index contributed by atoms with van der Waals surface area (Å²) in [5.41, 5.74) is 4.61. The van der Waals surface area contributed by atoms with Gasteiger partial charge in [0.1, 0.15) is 5.75 Å². The first-order valence-electron chi connectivity index (χ1n) is 8.88. The van der Waals surface area contributed by atoms with Crippen LogP contribution in [-0.4, -0.2) is 26.7 Å². The van der Waals surface area contributed by atoms with Crippen molar-refractivity contribution in [3.8, 4) is 5.75 Å². The predicted molar refractivity (Wildman–Crippen MR) is 107 cm³/mol. The molecule has 2 N–H and O–H groups in total. The molecule has 0 aliphatic rings. The van der Waals surface area contributed by atoms with E-state index >= 15 is 0 Å². The first-order valence-corrected chi connectivity index (χ1v) is 8.88. The maximum absolute atomic E-state index is 5.47. The fraction of sp³-hybridized carbons (Fsp3) is 0.381. The summed E-state index contributed by atoms with van der Waals surface area (Å²) in [5, 5.41) is 6.65. The average molecular weight is 355 g/mol. The molecule has 0 heterocycles. The average Bonchev–Trinajstić information content (AvgIpc) is 2.66. The standard InChI is InChI=1S/C21H29N3O2/c1-5-22-21(23-13-17-7-9-18(10-8-17)15-25-3)24-14-19-11-6-16(2)12-20(19)26-4/h6-12H,5,13-15H2,1-4H3,(H2,22,23,24). The van der Waals surface area contributed by atoms with Crippen LogP contribution in [-0.2, 0) is 24.4 Å². The minimum Gasteiger partial charge on any atom is -0.496 e. The smallest absolute Gasteiger partial charge is 0.191 e. The maximum atomic E-state index is 5.47. The second kappa shape index (κ2) is 10.5. The van der Waals surface area contributed by atoms with Crippen LogP contribution >= 0.6 is 0 Å². The summed E-state index contributed by atoms with van der Waals surface area (Å²) in [6, 6.07) is 14.5. The van der Waals surface area contributed by atoms with Crippen LogP contribution in [0.5, 0.6) is 5.75 Å². The van der Waals surface area contributed by atoms with E-state index in [9.17, 15) is 0 Å². The lowest BCUT2D eigenvalue weighted by molar-refractivity contribution is 0.185. The van der Waals surface area contributed by atoms with E-state index in [1.54, 1.807) is 14.2 Å². The summed E-state index contributed by atoms with van der Waals surface area (Å²) in [7, 11) is 3.40. The summed E-state index contributed by atoms with van der Waals surface area (Å²) in [6.07, 6.45) is 0.